The lowest BCUT2D eigenvalue weighted by Crippen LogP contribution is -2.35. The normalized spacial score (nSPS) is 16.4. The van der Waals surface area contributed by atoms with Crippen LogP contribution in [0.2, 0.25) is 5.28 Å². The maximum atomic E-state index is 12.2. The van der Waals surface area contributed by atoms with Gasteiger partial charge >= 0.3 is 0 Å². The second-order valence-corrected chi connectivity index (χ2v) is 5.99. The third-order valence-electron chi connectivity index (χ3n) is 2.48. The van der Waals surface area contributed by atoms with E-state index >= 15 is 0 Å². The SMILES string of the molecule is O=S(=O)(c1cnc(Cl)nc1)N(CCO)C1CC1. The highest BCUT2D eigenvalue weighted by atomic mass is 35.5. The Bertz CT molecular complexity index is 487. The molecule has 1 aromatic heterocycles. The maximum Gasteiger partial charge on any atom is 0.246 e. The minimum Gasteiger partial charge on any atom is -0.395 e. The van der Waals surface area contributed by atoms with Crippen LogP contribution in [0.3, 0.4) is 0 Å². The summed E-state index contributed by atoms with van der Waals surface area (Å²) >= 11 is 5.51. The van der Waals surface area contributed by atoms with Crippen molar-refractivity contribution < 1.29 is 13.5 Å². The number of aliphatic hydroxyl groups is 1. The van der Waals surface area contributed by atoms with Gasteiger partial charge in [-0.3, -0.25) is 0 Å². The predicted molar refractivity (Wildman–Crippen MR) is 61.0 cm³/mol. The Kier molecular flexibility index (Phi) is 3.62. The van der Waals surface area contributed by atoms with Crippen molar-refractivity contribution in [2.75, 3.05) is 13.2 Å². The predicted octanol–water partition coefficient (Wildman–Crippen LogP) is 0.275. The van der Waals surface area contributed by atoms with Gasteiger partial charge in [0.1, 0.15) is 4.90 Å². The summed E-state index contributed by atoms with van der Waals surface area (Å²) in [7, 11) is -3.63. The molecule has 0 aliphatic heterocycles. The van der Waals surface area contributed by atoms with Gasteiger partial charge in [0.05, 0.1) is 19.0 Å². The largest absolute Gasteiger partial charge is 0.395 e. The molecule has 0 amide bonds. The molecular weight excluding hydrogens is 266 g/mol. The summed E-state index contributed by atoms with van der Waals surface area (Å²) in [4.78, 5) is 7.31. The summed E-state index contributed by atoms with van der Waals surface area (Å²) in [6.45, 7) is -0.111. The molecule has 0 saturated heterocycles. The van der Waals surface area contributed by atoms with Crippen LogP contribution in [0.25, 0.3) is 0 Å². The molecule has 8 heteroatoms. The average Bonchev–Trinajstić information content (AvgIpc) is 3.10. The van der Waals surface area contributed by atoms with Crippen molar-refractivity contribution >= 4 is 21.6 Å². The molecule has 1 aliphatic carbocycles. The fraction of sp³-hybridized carbons (Fsp3) is 0.556. The van der Waals surface area contributed by atoms with Gasteiger partial charge in [0.15, 0.2) is 0 Å². The Morgan fingerprint density at radius 1 is 1.41 bits per heavy atom. The molecule has 6 nitrogen and oxygen atoms in total. The standard InChI is InChI=1S/C9H12ClN3O3S/c10-9-11-5-8(6-12-9)17(15,16)13(3-4-14)7-1-2-7/h5-7,14H,1-4H2. The van der Waals surface area contributed by atoms with Gasteiger partial charge in [0.2, 0.25) is 15.3 Å². The summed E-state index contributed by atoms with van der Waals surface area (Å²) in [5.41, 5.74) is 0. The van der Waals surface area contributed by atoms with Crippen LogP contribution in [0.15, 0.2) is 17.3 Å². The van der Waals surface area contributed by atoms with Crippen LogP contribution < -0.4 is 0 Å². The second kappa shape index (κ2) is 4.85. The van der Waals surface area contributed by atoms with Crippen LogP contribution in [0.5, 0.6) is 0 Å². The van der Waals surface area contributed by atoms with Crippen LogP contribution in [0.1, 0.15) is 12.8 Å². The van der Waals surface area contributed by atoms with Gasteiger partial charge in [-0.2, -0.15) is 4.31 Å². The fourth-order valence-corrected chi connectivity index (χ4v) is 3.19. The van der Waals surface area contributed by atoms with E-state index in [2.05, 4.69) is 9.97 Å². The summed E-state index contributed by atoms with van der Waals surface area (Å²) in [5, 5.41) is 8.91. The molecule has 0 spiro atoms. The van der Waals surface area contributed by atoms with E-state index in [1.807, 2.05) is 0 Å². The summed E-state index contributed by atoms with van der Waals surface area (Å²) in [5.74, 6) is 0. The van der Waals surface area contributed by atoms with Crippen LogP contribution in [-0.2, 0) is 10.0 Å². The quantitative estimate of drug-likeness (QED) is 0.782. The van der Waals surface area contributed by atoms with Crippen molar-refractivity contribution in [2.24, 2.45) is 0 Å². The maximum absolute atomic E-state index is 12.2. The van der Waals surface area contributed by atoms with E-state index < -0.39 is 10.0 Å². The minimum absolute atomic E-state index is 0.00208. The number of rotatable bonds is 5. The Morgan fingerprint density at radius 2 is 2.00 bits per heavy atom. The molecule has 1 heterocycles. The van der Waals surface area contributed by atoms with Crippen molar-refractivity contribution in [2.45, 2.75) is 23.8 Å². The van der Waals surface area contributed by atoms with Crippen molar-refractivity contribution in [3.8, 4) is 0 Å². The van der Waals surface area contributed by atoms with E-state index in [1.165, 1.54) is 16.7 Å². The fourth-order valence-electron chi connectivity index (χ4n) is 1.53. The molecule has 0 aromatic carbocycles. The van der Waals surface area contributed by atoms with E-state index in [0.717, 1.165) is 12.8 Å². The number of hydrogen-bond acceptors (Lipinski definition) is 5. The molecule has 0 unspecified atom stereocenters. The highest BCUT2D eigenvalue weighted by Gasteiger charge is 2.37. The molecule has 0 atom stereocenters. The molecule has 1 fully saturated rings. The van der Waals surface area contributed by atoms with Crippen molar-refractivity contribution in [3.63, 3.8) is 0 Å². The van der Waals surface area contributed by atoms with Crippen LogP contribution in [0.4, 0.5) is 0 Å². The van der Waals surface area contributed by atoms with Crippen molar-refractivity contribution in [1.82, 2.24) is 14.3 Å². The summed E-state index contributed by atoms with van der Waals surface area (Å²) in [6, 6.07) is -0.0113. The van der Waals surface area contributed by atoms with Gasteiger partial charge in [-0.15, -0.1) is 0 Å². The minimum atomic E-state index is -3.63. The van der Waals surface area contributed by atoms with E-state index in [-0.39, 0.29) is 29.4 Å². The third kappa shape index (κ3) is 2.74. The number of hydrogen-bond donors (Lipinski definition) is 1. The molecule has 0 bridgehead atoms. The van der Waals surface area contributed by atoms with E-state index in [9.17, 15) is 8.42 Å². The zero-order valence-corrected chi connectivity index (χ0v) is 10.5. The second-order valence-electron chi connectivity index (χ2n) is 3.76. The van der Waals surface area contributed by atoms with Crippen LogP contribution >= 0.6 is 11.6 Å². The summed E-state index contributed by atoms with van der Waals surface area (Å²) < 4.78 is 25.7. The summed E-state index contributed by atoms with van der Waals surface area (Å²) in [6.07, 6.45) is 4.01. The first kappa shape index (κ1) is 12.7. The molecule has 0 radical (unpaired) electrons. The van der Waals surface area contributed by atoms with Crippen molar-refractivity contribution in [1.29, 1.82) is 0 Å². The Hall–Kier alpha value is -0.760. The number of aromatic nitrogens is 2. The highest BCUT2D eigenvalue weighted by Crippen LogP contribution is 2.31. The zero-order valence-electron chi connectivity index (χ0n) is 8.95. The first-order chi connectivity index (χ1) is 8.05. The van der Waals surface area contributed by atoms with Crippen LogP contribution in [0, 0.1) is 0 Å². The Balaban J connectivity index is 2.30. The van der Waals surface area contributed by atoms with Gasteiger partial charge in [-0.05, 0) is 24.4 Å². The lowest BCUT2D eigenvalue weighted by Gasteiger charge is -2.20. The molecule has 1 saturated carbocycles. The Morgan fingerprint density at radius 3 is 2.47 bits per heavy atom. The number of aliphatic hydroxyl groups excluding tert-OH is 1. The van der Waals surface area contributed by atoms with Crippen molar-refractivity contribution in [3.05, 3.63) is 17.7 Å². The van der Waals surface area contributed by atoms with Gasteiger partial charge in [-0.1, -0.05) is 0 Å². The lowest BCUT2D eigenvalue weighted by molar-refractivity contribution is 0.250. The van der Waals surface area contributed by atoms with Gasteiger partial charge in [0, 0.05) is 12.6 Å². The average molecular weight is 278 g/mol. The van der Waals surface area contributed by atoms with E-state index in [1.54, 1.807) is 0 Å². The van der Waals surface area contributed by atoms with Gasteiger partial charge in [0.25, 0.3) is 0 Å². The van der Waals surface area contributed by atoms with Gasteiger partial charge < -0.3 is 5.11 Å². The number of nitrogens with zero attached hydrogens (tertiary/aromatic N) is 3. The molecule has 94 valence electrons. The molecule has 1 aliphatic rings. The molecule has 1 N–H and O–H groups in total. The molecular formula is C9H12ClN3O3S. The molecule has 2 rings (SSSR count). The van der Waals surface area contributed by atoms with E-state index in [0.29, 0.717) is 0 Å². The molecule has 17 heavy (non-hydrogen) atoms. The zero-order chi connectivity index (χ0) is 12.5. The van der Waals surface area contributed by atoms with Gasteiger partial charge in [-0.25, -0.2) is 18.4 Å². The first-order valence-electron chi connectivity index (χ1n) is 5.16. The number of halogens is 1. The monoisotopic (exact) mass is 277 g/mol. The topological polar surface area (TPSA) is 83.4 Å². The smallest absolute Gasteiger partial charge is 0.246 e. The van der Waals surface area contributed by atoms with Crippen LogP contribution in [-0.4, -0.2) is 47.0 Å². The third-order valence-corrected chi connectivity index (χ3v) is 4.58. The van der Waals surface area contributed by atoms with E-state index in [4.69, 9.17) is 16.7 Å². The highest BCUT2D eigenvalue weighted by molar-refractivity contribution is 7.89. The first-order valence-corrected chi connectivity index (χ1v) is 6.98. The number of sulfonamides is 1. The Labute approximate surface area is 104 Å². The lowest BCUT2D eigenvalue weighted by atomic mass is 10.6. The molecule has 1 aromatic rings.